The fourth-order valence-corrected chi connectivity index (χ4v) is 5.40. The fraction of sp³-hybridized carbons (Fsp3) is 0.536. The Morgan fingerprint density at radius 2 is 1.61 bits per heavy atom. The third-order valence-corrected chi connectivity index (χ3v) is 7.86. The van der Waals surface area contributed by atoms with E-state index < -0.39 is 15.1 Å². The van der Waals surface area contributed by atoms with E-state index >= 15 is 0 Å². The molecule has 33 heavy (non-hydrogen) atoms. The number of hydrogen-bond donors (Lipinski definition) is 0. The standard InChI is InChI=1S/C28H42O4S/c1-21(2)24(5)14-16-28(7,8)20-23(4)19-27(18-22(3)15-17-32-25(6)29)33(30,31)26-12-10-9-11-13-26/h9-15,19,21,27H,16-18,20H2,1-8H3/b22-15+,23-19+,24-14+. The van der Waals surface area contributed by atoms with Crippen LogP contribution in [0.25, 0.3) is 0 Å². The Morgan fingerprint density at radius 3 is 2.15 bits per heavy atom. The molecule has 0 amide bonds. The molecule has 0 aromatic heterocycles. The van der Waals surface area contributed by atoms with Gasteiger partial charge in [0.25, 0.3) is 0 Å². The molecule has 0 aliphatic heterocycles. The van der Waals surface area contributed by atoms with Crippen molar-refractivity contribution in [3.05, 3.63) is 65.3 Å². The first-order valence-corrected chi connectivity index (χ1v) is 13.2. The van der Waals surface area contributed by atoms with E-state index in [0.717, 1.165) is 24.0 Å². The Hall–Kier alpha value is -2.14. The highest BCUT2D eigenvalue weighted by Crippen LogP contribution is 2.32. The molecule has 0 aliphatic carbocycles. The molecule has 0 aliphatic rings. The van der Waals surface area contributed by atoms with Gasteiger partial charge in [-0.25, -0.2) is 8.42 Å². The van der Waals surface area contributed by atoms with Gasteiger partial charge in [0.1, 0.15) is 6.61 Å². The molecular weight excluding hydrogens is 432 g/mol. The van der Waals surface area contributed by atoms with Crippen molar-refractivity contribution in [2.45, 2.75) is 84.8 Å². The van der Waals surface area contributed by atoms with Crippen molar-refractivity contribution in [3.63, 3.8) is 0 Å². The van der Waals surface area contributed by atoms with Gasteiger partial charge in [-0.3, -0.25) is 4.79 Å². The van der Waals surface area contributed by atoms with Gasteiger partial charge in [0, 0.05) is 6.92 Å². The van der Waals surface area contributed by atoms with Gasteiger partial charge in [0.05, 0.1) is 10.1 Å². The maximum absolute atomic E-state index is 13.5. The van der Waals surface area contributed by atoms with E-state index in [1.807, 2.05) is 26.0 Å². The van der Waals surface area contributed by atoms with Crippen molar-refractivity contribution < 1.29 is 17.9 Å². The Kier molecular flexibility index (Phi) is 11.3. The maximum Gasteiger partial charge on any atom is 0.302 e. The highest BCUT2D eigenvalue weighted by Gasteiger charge is 2.27. The van der Waals surface area contributed by atoms with Crippen molar-refractivity contribution in [3.8, 4) is 0 Å². The number of carbonyl (C=O) groups is 1. The van der Waals surface area contributed by atoms with Crippen LogP contribution in [0, 0.1) is 11.3 Å². The van der Waals surface area contributed by atoms with Crippen LogP contribution >= 0.6 is 0 Å². The van der Waals surface area contributed by atoms with Crippen molar-refractivity contribution in [1.29, 1.82) is 0 Å². The lowest BCUT2D eigenvalue weighted by Gasteiger charge is -2.25. The average molecular weight is 475 g/mol. The van der Waals surface area contributed by atoms with Gasteiger partial charge >= 0.3 is 5.97 Å². The zero-order chi connectivity index (χ0) is 25.2. The normalized spacial score (nSPS) is 15.0. The predicted molar refractivity (Wildman–Crippen MR) is 138 cm³/mol. The minimum Gasteiger partial charge on any atom is -0.462 e. The lowest BCUT2D eigenvalue weighted by Crippen LogP contribution is -2.21. The number of benzene rings is 1. The zero-order valence-corrected chi connectivity index (χ0v) is 22.5. The molecule has 0 spiro atoms. The summed E-state index contributed by atoms with van der Waals surface area (Å²) < 4.78 is 31.9. The van der Waals surface area contributed by atoms with Gasteiger partial charge in [-0.15, -0.1) is 0 Å². The summed E-state index contributed by atoms with van der Waals surface area (Å²) >= 11 is 0. The van der Waals surface area contributed by atoms with Crippen LogP contribution in [0.15, 0.2) is 70.2 Å². The van der Waals surface area contributed by atoms with E-state index in [9.17, 15) is 13.2 Å². The quantitative estimate of drug-likeness (QED) is 0.240. The van der Waals surface area contributed by atoms with E-state index in [0.29, 0.717) is 17.2 Å². The summed E-state index contributed by atoms with van der Waals surface area (Å²) in [4.78, 5) is 11.4. The summed E-state index contributed by atoms with van der Waals surface area (Å²) in [7, 11) is -3.56. The van der Waals surface area contributed by atoms with Gasteiger partial charge < -0.3 is 4.74 Å². The lowest BCUT2D eigenvalue weighted by molar-refractivity contribution is -0.139. The van der Waals surface area contributed by atoms with Crippen LogP contribution in [0.1, 0.15) is 74.7 Å². The maximum atomic E-state index is 13.5. The van der Waals surface area contributed by atoms with Crippen LogP contribution < -0.4 is 0 Å². The average Bonchev–Trinajstić information content (AvgIpc) is 2.71. The second-order valence-corrected chi connectivity index (χ2v) is 12.3. The van der Waals surface area contributed by atoms with Gasteiger partial charge in [-0.05, 0) is 69.6 Å². The second kappa shape index (κ2) is 12.9. The number of esters is 1. The predicted octanol–water partition coefficient (Wildman–Crippen LogP) is 7.08. The van der Waals surface area contributed by atoms with Crippen LogP contribution in [0.3, 0.4) is 0 Å². The molecule has 1 aromatic carbocycles. The van der Waals surface area contributed by atoms with Gasteiger partial charge in [0.2, 0.25) is 0 Å². The summed E-state index contributed by atoms with van der Waals surface area (Å²) in [5.41, 5.74) is 3.34. The molecule has 1 aromatic rings. The molecule has 0 fully saturated rings. The summed E-state index contributed by atoms with van der Waals surface area (Å²) in [6.07, 6.45) is 8.10. The topological polar surface area (TPSA) is 60.4 Å². The van der Waals surface area contributed by atoms with Crippen LogP contribution in [0.4, 0.5) is 0 Å². The number of ether oxygens (including phenoxy) is 1. The van der Waals surface area contributed by atoms with E-state index in [1.54, 1.807) is 30.3 Å². The minimum atomic E-state index is -3.56. The lowest BCUT2D eigenvalue weighted by atomic mass is 9.81. The summed E-state index contributed by atoms with van der Waals surface area (Å²) in [5, 5.41) is -0.683. The Labute approximate surface area is 201 Å². The first kappa shape index (κ1) is 28.9. The summed E-state index contributed by atoms with van der Waals surface area (Å²) in [6, 6.07) is 8.60. The van der Waals surface area contributed by atoms with E-state index in [2.05, 4.69) is 40.7 Å². The Bertz CT molecular complexity index is 964. The number of allylic oxidation sites excluding steroid dienone is 4. The first-order valence-electron chi connectivity index (χ1n) is 11.7. The molecule has 0 bridgehead atoms. The monoisotopic (exact) mass is 474 g/mol. The van der Waals surface area contributed by atoms with E-state index in [1.165, 1.54) is 12.5 Å². The minimum absolute atomic E-state index is 0.0258. The second-order valence-electron chi connectivity index (χ2n) is 10.1. The largest absolute Gasteiger partial charge is 0.462 e. The van der Waals surface area contributed by atoms with Crippen LogP contribution in [0.2, 0.25) is 0 Å². The first-order chi connectivity index (χ1) is 15.2. The Balaban J connectivity index is 3.18. The molecule has 0 saturated heterocycles. The van der Waals surface area contributed by atoms with E-state index in [-0.39, 0.29) is 18.0 Å². The van der Waals surface area contributed by atoms with E-state index in [4.69, 9.17) is 4.74 Å². The number of rotatable bonds is 12. The smallest absolute Gasteiger partial charge is 0.302 e. The van der Waals surface area contributed by atoms with Crippen LogP contribution in [-0.4, -0.2) is 26.2 Å². The SMILES string of the molecule is CC(=O)OC/C=C(\C)CC(/C=C(\C)CC(C)(C)C/C=C(\C)C(C)C)S(=O)(=O)c1ccccc1. The molecule has 4 nitrogen and oxygen atoms in total. The van der Waals surface area contributed by atoms with Crippen molar-refractivity contribution >= 4 is 15.8 Å². The van der Waals surface area contributed by atoms with Gasteiger partial charge in [-0.1, -0.05) is 74.8 Å². The van der Waals surface area contributed by atoms with Gasteiger partial charge in [-0.2, -0.15) is 0 Å². The molecule has 5 heteroatoms. The number of carbonyl (C=O) groups excluding carboxylic acids is 1. The summed E-state index contributed by atoms with van der Waals surface area (Å²) in [6.45, 7) is 16.4. The fourth-order valence-electron chi connectivity index (χ4n) is 3.62. The third kappa shape index (κ3) is 10.6. The third-order valence-electron chi connectivity index (χ3n) is 5.83. The molecule has 184 valence electrons. The van der Waals surface area contributed by atoms with Crippen LogP contribution in [0.5, 0.6) is 0 Å². The van der Waals surface area contributed by atoms with Crippen molar-refractivity contribution in [2.75, 3.05) is 6.61 Å². The van der Waals surface area contributed by atoms with Crippen molar-refractivity contribution in [1.82, 2.24) is 0 Å². The molecule has 0 heterocycles. The highest BCUT2D eigenvalue weighted by atomic mass is 32.2. The number of hydrogen-bond acceptors (Lipinski definition) is 4. The molecule has 1 unspecified atom stereocenters. The van der Waals surface area contributed by atoms with Crippen LogP contribution in [-0.2, 0) is 19.4 Å². The molecule has 0 saturated carbocycles. The molecule has 0 N–H and O–H groups in total. The number of sulfone groups is 1. The van der Waals surface area contributed by atoms with Gasteiger partial charge in [0.15, 0.2) is 9.84 Å². The highest BCUT2D eigenvalue weighted by molar-refractivity contribution is 7.92. The molecule has 1 rings (SSSR count). The summed E-state index contributed by atoms with van der Waals surface area (Å²) in [5.74, 6) is 0.173. The zero-order valence-electron chi connectivity index (χ0n) is 21.6. The Morgan fingerprint density at radius 1 is 1.00 bits per heavy atom. The molecular formula is C28H42O4S. The molecule has 1 atom stereocenters. The molecule has 0 radical (unpaired) electrons. The van der Waals surface area contributed by atoms with Crippen molar-refractivity contribution in [2.24, 2.45) is 11.3 Å².